The predicted octanol–water partition coefficient (Wildman–Crippen LogP) is 6.05. The number of rotatable bonds is 6. The third-order valence-electron chi connectivity index (χ3n) is 5.51. The van der Waals surface area contributed by atoms with Crippen LogP contribution < -0.4 is 4.74 Å². The molecule has 0 spiro atoms. The standard InChI is InChI=1S/C26H30O3/c1-7-20-13-19(14-22-24(20)29-26(5,6)16-25(22,3)4)12-17(2)21-10-8-18(9-11-21)15-23(27)28/h7-11,13-14H,1-2,12,15-16H2,3-6H3,(H,27,28). The van der Waals surface area contributed by atoms with Crippen molar-refractivity contribution in [3.63, 3.8) is 0 Å². The highest BCUT2D eigenvalue weighted by atomic mass is 16.5. The Morgan fingerprint density at radius 1 is 1.10 bits per heavy atom. The van der Waals surface area contributed by atoms with Crippen LogP contribution in [0.3, 0.4) is 0 Å². The zero-order valence-corrected chi connectivity index (χ0v) is 17.8. The molecule has 1 aliphatic rings. The van der Waals surface area contributed by atoms with Crippen LogP contribution in [0.4, 0.5) is 0 Å². The first-order chi connectivity index (χ1) is 13.5. The van der Waals surface area contributed by atoms with Crippen LogP contribution in [0.1, 0.15) is 61.9 Å². The van der Waals surface area contributed by atoms with E-state index in [9.17, 15) is 4.79 Å². The zero-order chi connectivity index (χ0) is 21.4. The summed E-state index contributed by atoms with van der Waals surface area (Å²) in [4.78, 5) is 10.9. The van der Waals surface area contributed by atoms with Gasteiger partial charge in [0.1, 0.15) is 11.4 Å². The van der Waals surface area contributed by atoms with Crippen molar-refractivity contribution in [2.45, 2.75) is 58.0 Å². The quantitative estimate of drug-likeness (QED) is 0.653. The molecule has 3 nitrogen and oxygen atoms in total. The molecule has 0 amide bonds. The lowest BCUT2D eigenvalue weighted by Gasteiger charge is -2.43. The van der Waals surface area contributed by atoms with E-state index in [1.807, 2.05) is 30.3 Å². The Bertz CT molecular complexity index is 962. The van der Waals surface area contributed by atoms with Crippen molar-refractivity contribution in [3.8, 4) is 5.75 Å². The van der Waals surface area contributed by atoms with Crippen molar-refractivity contribution >= 4 is 17.6 Å². The van der Waals surface area contributed by atoms with Crippen molar-refractivity contribution in [1.82, 2.24) is 0 Å². The van der Waals surface area contributed by atoms with Gasteiger partial charge < -0.3 is 9.84 Å². The Morgan fingerprint density at radius 3 is 2.34 bits per heavy atom. The molecule has 0 radical (unpaired) electrons. The van der Waals surface area contributed by atoms with E-state index in [0.29, 0.717) is 6.42 Å². The van der Waals surface area contributed by atoms with Crippen molar-refractivity contribution in [2.24, 2.45) is 0 Å². The van der Waals surface area contributed by atoms with Gasteiger partial charge in [0.2, 0.25) is 0 Å². The maximum absolute atomic E-state index is 10.9. The Labute approximate surface area is 173 Å². The van der Waals surface area contributed by atoms with Crippen LogP contribution in [0.25, 0.3) is 11.6 Å². The molecule has 0 saturated heterocycles. The lowest BCUT2D eigenvalue weighted by atomic mass is 9.72. The van der Waals surface area contributed by atoms with Crippen molar-refractivity contribution < 1.29 is 14.6 Å². The summed E-state index contributed by atoms with van der Waals surface area (Å²) >= 11 is 0. The summed E-state index contributed by atoms with van der Waals surface area (Å²) in [6.45, 7) is 17.1. The molecule has 2 aromatic carbocycles. The molecule has 0 bridgehead atoms. The lowest BCUT2D eigenvalue weighted by Crippen LogP contribution is -2.41. The topological polar surface area (TPSA) is 46.5 Å². The number of ether oxygens (including phenoxy) is 1. The van der Waals surface area contributed by atoms with E-state index >= 15 is 0 Å². The van der Waals surface area contributed by atoms with E-state index in [1.54, 1.807) is 0 Å². The zero-order valence-electron chi connectivity index (χ0n) is 17.8. The number of allylic oxidation sites excluding steroid dienone is 1. The van der Waals surface area contributed by atoms with E-state index in [1.165, 1.54) is 11.1 Å². The predicted molar refractivity (Wildman–Crippen MR) is 119 cm³/mol. The molecule has 3 rings (SSSR count). The highest BCUT2D eigenvalue weighted by Crippen LogP contribution is 2.47. The summed E-state index contributed by atoms with van der Waals surface area (Å²) in [6.07, 6.45) is 3.56. The lowest BCUT2D eigenvalue weighted by molar-refractivity contribution is -0.136. The molecule has 1 heterocycles. The van der Waals surface area contributed by atoms with Gasteiger partial charge in [0.15, 0.2) is 0 Å². The molecule has 2 aromatic rings. The van der Waals surface area contributed by atoms with Crippen LogP contribution in [-0.2, 0) is 23.1 Å². The summed E-state index contributed by atoms with van der Waals surface area (Å²) < 4.78 is 6.32. The third kappa shape index (κ3) is 4.61. The van der Waals surface area contributed by atoms with Gasteiger partial charge in [-0.3, -0.25) is 4.79 Å². The van der Waals surface area contributed by atoms with Crippen LogP contribution >= 0.6 is 0 Å². The number of hydrogen-bond acceptors (Lipinski definition) is 2. The van der Waals surface area contributed by atoms with E-state index in [0.717, 1.165) is 34.4 Å². The number of carboxylic acid groups (broad SMARTS) is 1. The SMILES string of the molecule is C=Cc1cc(CC(=C)c2ccc(CC(=O)O)cc2)cc2c1OC(C)(C)CC2(C)C. The van der Waals surface area contributed by atoms with Gasteiger partial charge in [-0.2, -0.15) is 0 Å². The summed E-state index contributed by atoms with van der Waals surface area (Å²) in [7, 11) is 0. The summed E-state index contributed by atoms with van der Waals surface area (Å²) in [5, 5.41) is 8.93. The maximum atomic E-state index is 10.9. The molecule has 0 saturated carbocycles. The number of hydrogen-bond donors (Lipinski definition) is 1. The molecule has 1 aliphatic heterocycles. The maximum Gasteiger partial charge on any atom is 0.307 e. The van der Waals surface area contributed by atoms with Gasteiger partial charge in [0, 0.05) is 11.1 Å². The minimum absolute atomic E-state index is 0.00463. The molecule has 29 heavy (non-hydrogen) atoms. The van der Waals surface area contributed by atoms with Gasteiger partial charge in [-0.05, 0) is 60.4 Å². The summed E-state index contributed by atoms with van der Waals surface area (Å²) in [5.74, 6) is 0.115. The second-order valence-corrected chi connectivity index (χ2v) is 9.24. The van der Waals surface area contributed by atoms with Crippen LogP contribution in [0, 0.1) is 0 Å². The monoisotopic (exact) mass is 390 g/mol. The van der Waals surface area contributed by atoms with Crippen LogP contribution in [0.15, 0.2) is 49.6 Å². The van der Waals surface area contributed by atoms with Crippen LogP contribution in [0.5, 0.6) is 5.75 Å². The Kier molecular flexibility index (Phi) is 5.44. The number of aliphatic carboxylic acids is 1. The smallest absolute Gasteiger partial charge is 0.307 e. The van der Waals surface area contributed by atoms with E-state index in [4.69, 9.17) is 9.84 Å². The number of benzene rings is 2. The molecule has 3 heteroatoms. The fourth-order valence-corrected chi connectivity index (χ4v) is 4.44. The van der Waals surface area contributed by atoms with Gasteiger partial charge in [0.25, 0.3) is 0 Å². The van der Waals surface area contributed by atoms with Crippen LogP contribution in [-0.4, -0.2) is 16.7 Å². The highest BCUT2D eigenvalue weighted by Gasteiger charge is 2.40. The number of carboxylic acids is 1. The largest absolute Gasteiger partial charge is 0.487 e. The minimum atomic E-state index is -0.824. The first kappa shape index (κ1) is 20.9. The average Bonchev–Trinajstić information content (AvgIpc) is 2.60. The average molecular weight is 391 g/mol. The van der Waals surface area contributed by atoms with Crippen molar-refractivity contribution in [2.75, 3.05) is 0 Å². The van der Waals surface area contributed by atoms with E-state index in [-0.39, 0.29) is 17.4 Å². The summed E-state index contributed by atoms with van der Waals surface area (Å²) in [6, 6.07) is 12.0. The minimum Gasteiger partial charge on any atom is -0.487 e. The molecule has 152 valence electrons. The molecular weight excluding hydrogens is 360 g/mol. The molecule has 1 N–H and O–H groups in total. The molecule has 0 aromatic heterocycles. The molecule has 0 aliphatic carbocycles. The second-order valence-electron chi connectivity index (χ2n) is 9.24. The number of carbonyl (C=O) groups is 1. The first-order valence-electron chi connectivity index (χ1n) is 9.98. The first-order valence-corrected chi connectivity index (χ1v) is 9.98. The number of fused-ring (bicyclic) bond motifs is 1. The van der Waals surface area contributed by atoms with Crippen LogP contribution in [0.2, 0.25) is 0 Å². The van der Waals surface area contributed by atoms with Gasteiger partial charge >= 0.3 is 5.97 Å². The van der Waals surface area contributed by atoms with Gasteiger partial charge in [-0.25, -0.2) is 0 Å². The molecular formula is C26H30O3. The Hall–Kier alpha value is -2.81. The second kappa shape index (κ2) is 7.55. The van der Waals surface area contributed by atoms with Gasteiger partial charge in [0.05, 0.1) is 6.42 Å². The molecule has 0 fully saturated rings. The molecule has 0 unspecified atom stereocenters. The normalized spacial score (nSPS) is 16.4. The summed E-state index contributed by atoms with van der Waals surface area (Å²) in [5.41, 5.74) is 6.01. The third-order valence-corrected chi connectivity index (χ3v) is 5.51. The van der Waals surface area contributed by atoms with Gasteiger partial charge in [-0.15, -0.1) is 0 Å². The van der Waals surface area contributed by atoms with E-state index < -0.39 is 5.97 Å². The fourth-order valence-electron chi connectivity index (χ4n) is 4.44. The fraction of sp³-hybridized carbons (Fsp3) is 0.346. The Morgan fingerprint density at radius 2 is 1.76 bits per heavy atom. The van der Waals surface area contributed by atoms with E-state index in [2.05, 4.69) is 53.0 Å². The Balaban J connectivity index is 1.89. The molecule has 0 atom stereocenters. The van der Waals surface area contributed by atoms with Gasteiger partial charge in [-0.1, -0.05) is 63.4 Å². The van der Waals surface area contributed by atoms with Crippen molar-refractivity contribution in [3.05, 3.63) is 77.4 Å². The highest BCUT2D eigenvalue weighted by molar-refractivity contribution is 5.72. The van der Waals surface area contributed by atoms with Crippen molar-refractivity contribution in [1.29, 1.82) is 0 Å².